The Labute approximate surface area is 149 Å². The van der Waals surface area contributed by atoms with Gasteiger partial charge in [-0.1, -0.05) is 43.5 Å². The van der Waals surface area contributed by atoms with E-state index in [-0.39, 0.29) is 17.9 Å². The highest BCUT2D eigenvalue weighted by Gasteiger charge is 2.28. The highest BCUT2D eigenvalue weighted by Crippen LogP contribution is 2.17. The first-order valence-electron chi connectivity index (χ1n) is 8.92. The van der Waals surface area contributed by atoms with Crippen LogP contribution in [0.1, 0.15) is 57.4 Å². The molecule has 1 aliphatic rings. The number of benzene rings is 1. The van der Waals surface area contributed by atoms with Gasteiger partial charge in [-0.05, 0) is 43.4 Å². The van der Waals surface area contributed by atoms with Crippen LogP contribution in [0.3, 0.4) is 0 Å². The number of halogens is 1. The predicted molar refractivity (Wildman–Crippen MR) is 96.8 cm³/mol. The van der Waals surface area contributed by atoms with E-state index >= 15 is 0 Å². The van der Waals surface area contributed by atoms with Crippen molar-refractivity contribution in [1.82, 2.24) is 10.2 Å². The van der Waals surface area contributed by atoms with Crippen LogP contribution in [0, 0.1) is 0 Å². The zero-order valence-electron chi connectivity index (χ0n) is 14.4. The average Bonchev–Trinajstić information content (AvgIpc) is 2.73. The van der Waals surface area contributed by atoms with E-state index in [0.29, 0.717) is 18.0 Å². The minimum atomic E-state index is -0.381. The van der Waals surface area contributed by atoms with Crippen molar-refractivity contribution in [3.8, 4) is 0 Å². The van der Waals surface area contributed by atoms with Crippen LogP contribution in [-0.4, -0.2) is 29.3 Å². The zero-order valence-corrected chi connectivity index (χ0v) is 15.1. The minimum Gasteiger partial charge on any atom is -0.344 e. The first-order chi connectivity index (χ1) is 11.6. The van der Waals surface area contributed by atoms with E-state index in [1.54, 1.807) is 0 Å². The van der Waals surface area contributed by atoms with Crippen LogP contribution in [0.15, 0.2) is 24.3 Å². The molecule has 1 fully saturated rings. The molecule has 0 aromatic heterocycles. The summed E-state index contributed by atoms with van der Waals surface area (Å²) >= 11 is 5.91. The third-order valence-electron chi connectivity index (χ3n) is 4.41. The molecule has 0 saturated carbocycles. The summed E-state index contributed by atoms with van der Waals surface area (Å²) in [5.41, 5.74) is 1.06. The highest BCUT2D eigenvalue weighted by atomic mass is 35.5. The number of nitrogens with one attached hydrogen (secondary N) is 1. The molecule has 132 valence electrons. The van der Waals surface area contributed by atoms with Gasteiger partial charge in [0.05, 0.1) is 0 Å². The Bertz CT molecular complexity index is 545. The maximum absolute atomic E-state index is 12.8. The number of carbonyl (C=O) groups excluding carboxylic acids is 2. The molecule has 24 heavy (non-hydrogen) atoms. The monoisotopic (exact) mass is 350 g/mol. The van der Waals surface area contributed by atoms with Crippen LogP contribution < -0.4 is 5.32 Å². The number of carbonyl (C=O) groups is 2. The predicted octanol–water partition coefficient (Wildman–Crippen LogP) is 3.92. The van der Waals surface area contributed by atoms with Crippen molar-refractivity contribution < 1.29 is 9.59 Å². The SMILES string of the molecule is CCCCCC(=O)NC1CCCCN(Cc2ccc(Cl)cc2)C1=O. The van der Waals surface area contributed by atoms with Crippen LogP contribution in [0.25, 0.3) is 0 Å². The van der Waals surface area contributed by atoms with Gasteiger partial charge in [0.15, 0.2) is 0 Å². The molecular weight excluding hydrogens is 324 g/mol. The topological polar surface area (TPSA) is 49.4 Å². The van der Waals surface area contributed by atoms with Crippen molar-refractivity contribution >= 4 is 23.4 Å². The summed E-state index contributed by atoms with van der Waals surface area (Å²) in [5.74, 6) is 0.0291. The van der Waals surface area contributed by atoms with Gasteiger partial charge in [-0.2, -0.15) is 0 Å². The van der Waals surface area contributed by atoms with Crippen molar-refractivity contribution in [2.24, 2.45) is 0 Å². The number of unbranched alkanes of at least 4 members (excludes halogenated alkanes) is 2. The summed E-state index contributed by atoms with van der Waals surface area (Å²) < 4.78 is 0. The Balaban J connectivity index is 1.93. The molecule has 1 unspecified atom stereocenters. The van der Waals surface area contributed by atoms with E-state index in [0.717, 1.165) is 50.6 Å². The van der Waals surface area contributed by atoms with E-state index in [4.69, 9.17) is 11.6 Å². The fraction of sp³-hybridized carbons (Fsp3) is 0.579. The molecule has 0 bridgehead atoms. The van der Waals surface area contributed by atoms with Gasteiger partial charge in [0, 0.05) is 24.5 Å². The largest absolute Gasteiger partial charge is 0.344 e. The smallest absolute Gasteiger partial charge is 0.245 e. The molecule has 1 saturated heterocycles. The second-order valence-electron chi connectivity index (χ2n) is 6.46. The van der Waals surface area contributed by atoms with Gasteiger partial charge in [0.2, 0.25) is 11.8 Å². The molecule has 1 aromatic carbocycles. The van der Waals surface area contributed by atoms with Crippen molar-refractivity contribution in [1.29, 1.82) is 0 Å². The van der Waals surface area contributed by atoms with Crippen molar-refractivity contribution in [2.45, 2.75) is 64.5 Å². The van der Waals surface area contributed by atoms with Gasteiger partial charge in [-0.15, -0.1) is 0 Å². The Hall–Kier alpha value is -1.55. The van der Waals surface area contributed by atoms with Gasteiger partial charge in [0.25, 0.3) is 0 Å². The summed E-state index contributed by atoms with van der Waals surface area (Å²) in [6.45, 7) is 3.42. The lowest BCUT2D eigenvalue weighted by molar-refractivity contribution is -0.136. The van der Waals surface area contributed by atoms with E-state index in [9.17, 15) is 9.59 Å². The van der Waals surface area contributed by atoms with E-state index in [2.05, 4.69) is 12.2 Å². The number of likely N-dealkylation sites (tertiary alicyclic amines) is 1. The maximum atomic E-state index is 12.8. The second-order valence-corrected chi connectivity index (χ2v) is 6.90. The van der Waals surface area contributed by atoms with Gasteiger partial charge in [-0.25, -0.2) is 0 Å². The third-order valence-corrected chi connectivity index (χ3v) is 4.66. The number of hydrogen-bond acceptors (Lipinski definition) is 2. The molecule has 0 radical (unpaired) electrons. The fourth-order valence-electron chi connectivity index (χ4n) is 3.01. The summed E-state index contributed by atoms with van der Waals surface area (Å²) in [4.78, 5) is 26.7. The molecule has 2 amide bonds. The normalized spacial score (nSPS) is 18.3. The standard InChI is InChI=1S/C19H27ClN2O2/c1-2-3-4-8-18(23)21-17-7-5-6-13-22(19(17)24)14-15-9-11-16(20)12-10-15/h9-12,17H,2-8,13-14H2,1H3,(H,21,23). The lowest BCUT2D eigenvalue weighted by atomic mass is 10.1. The molecule has 4 nitrogen and oxygen atoms in total. The first kappa shape index (κ1) is 18.8. The van der Waals surface area contributed by atoms with E-state index in [1.165, 1.54) is 0 Å². The summed E-state index contributed by atoms with van der Waals surface area (Å²) in [6, 6.07) is 7.18. The lowest BCUT2D eigenvalue weighted by Crippen LogP contribution is -2.47. The molecule has 1 aromatic rings. The summed E-state index contributed by atoms with van der Waals surface area (Å²) in [7, 11) is 0. The molecule has 1 aliphatic heterocycles. The second kappa shape index (κ2) is 9.67. The van der Waals surface area contributed by atoms with E-state index in [1.807, 2.05) is 29.2 Å². The highest BCUT2D eigenvalue weighted by molar-refractivity contribution is 6.30. The zero-order chi connectivity index (χ0) is 17.4. The number of amides is 2. The molecule has 0 aliphatic carbocycles. The summed E-state index contributed by atoms with van der Waals surface area (Å²) in [6.07, 6.45) is 6.20. The Morgan fingerprint density at radius 3 is 2.71 bits per heavy atom. The molecular formula is C19H27ClN2O2. The summed E-state index contributed by atoms with van der Waals surface area (Å²) in [5, 5.41) is 3.63. The maximum Gasteiger partial charge on any atom is 0.245 e. The first-order valence-corrected chi connectivity index (χ1v) is 9.30. The quantitative estimate of drug-likeness (QED) is 0.758. The molecule has 1 heterocycles. The number of nitrogens with zero attached hydrogens (tertiary/aromatic N) is 1. The molecule has 1 N–H and O–H groups in total. The van der Waals surface area contributed by atoms with Crippen molar-refractivity contribution in [3.05, 3.63) is 34.9 Å². The van der Waals surface area contributed by atoms with Crippen LogP contribution in [0.4, 0.5) is 0 Å². The molecule has 0 spiro atoms. The van der Waals surface area contributed by atoms with Crippen molar-refractivity contribution in [2.75, 3.05) is 6.54 Å². The Kier molecular flexibility index (Phi) is 7.57. The van der Waals surface area contributed by atoms with Crippen molar-refractivity contribution in [3.63, 3.8) is 0 Å². The molecule has 5 heteroatoms. The minimum absolute atomic E-state index is 0.00450. The lowest BCUT2D eigenvalue weighted by Gasteiger charge is -2.25. The van der Waals surface area contributed by atoms with Gasteiger partial charge in [-0.3, -0.25) is 9.59 Å². The molecule has 2 rings (SSSR count). The number of hydrogen-bond donors (Lipinski definition) is 1. The molecule has 1 atom stereocenters. The van der Waals surface area contributed by atoms with Crippen LogP contribution >= 0.6 is 11.6 Å². The Morgan fingerprint density at radius 2 is 2.00 bits per heavy atom. The average molecular weight is 351 g/mol. The fourth-order valence-corrected chi connectivity index (χ4v) is 3.13. The van der Waals surface area contributed by atoms with Gasteiger partial charge in [0.1, 0.15) is 6.04 Å². The van der Waals surface area contributed by atoms with Crippen LogP contribution in [-0.2, 0) is 16.1 Å². The van der Waals surface area contributed by atoms with Gasteiger partial charge < -0.3 is 10.2 Å². The Morgan fingerprint density at radius 1 is 1.25 bits per heavy atom. The van der Waals surface area contributed by atoms with E-state index < -0.39 is 0 Å². The van der Waals surface area contributed by atoms with Crippen LogP contribution in [0.5, 0.6) is 0 Å². The third kappa shape index (κ3) is 5.82. The van der Waals surface area contributed by atoms with Gasteiger partial charge >= 0.3 is 0 Å². The van der Waals surface area contributed by atoms with Crippen LogP contribution in [0.2, 0.25) is 5.02 Å². The number of rotatable bonds is 7.